The van der Waals surface area contributed by atoms with Crippen molar-refractivity contribution in [2.24, 2.45) is 0 Å². The van der Waals surface area contributed by atoms with Crippen LogP contribution in [-0.4, -0.2) is 13.4 Å². The number of rotatable bonds is 1. The summed E-state index contributed by atoms with van der Waals surface area (Å²) in [6.45, 7) is 3.32. The third kappa shape index (κ3) is 2.14. The van der Waals surface area contributed by atoms with Crippen molar-refractivity contribution < 1.29 is 8.42 Å². The Hall–Kier alpha value is -0.0300. The van der Waals surface area contributed by atoms with E-state index < -0.39 is 9.05 Å². The van der Waals surface area contributed by atoms with Crippen LogP contribution < -0.4 is 0 Å². The molecule has 0 N–H and O–H groups in total. The Bertz CT molecular complexity index is 484. The lowest BCUT2D eigenvalue weighted by Crippen LogP contribution is -2.00. The van der Waals surface area contributed by atoms with Gasteiger partial charge in [0.2, 0.25) is 0 Å². The highest BCUT2D eigenvalue weighted by Crippen LogP contribution is 2.33. The SMILES string of the molecule is Cc1nc(Cl)c(S(=O)(=O)Cl)c(Cl)c1C. The molecule has 0 bridgehead atoms. The number of hydrogen-bond acceptors (Lipinski definition) is 3. The maximum absolute atomic E-state index is 11.1. The zero-order chi connectivity index (χ0) is 11.1. The molecule has 7 heteroatoms. The average Bonchev–Trinajstić information content (AvgIpc) is 1.97. The molecule has 0 aliphatic heterocycles. The number of hydrogen-bond donors (Lipinski definition) is 0. The fraction of sp³-hybridized carbons (Fsp3) is 0.286. The Morgan fingerprint density at radius 2 is 1.71 bits per heavy atom. The predicted molar refractivity (Wildman–Crippen MR) is 56.8 cm³/mol. The maximum Gasteiger partial charge on any atom is 0.265 e. The molecule has 14 heavy (non-hydrogen) atoms. The van der Waals surface area contributed by atoms with Crippen LogP contribution in [0.1, 0.15) is 11.3 Å². The van der Waals surface area contributed by atoms with Gasteiger partial charge in [0.15, 0.2) is 5.15 Å². The summed E-state index contributed by atoms with van der Waals surface area (Å²) in [7, 11) is 1.20. The summed E-state index contributed by atoms with van der Waals surface area (Å²) in [5, 5.41) is -0.175. The molecule has 1 aromatic rings. The zero-order valence-electron chi connectivity index (χ0n) is 7.31. The smallest absolute Gasteiger partial charge is 0.240 e. The predicted octanol–water partition coefficient (Wildman–Crippen LogP) is 2.93. The van der Waals surface area contributed by atoms with Crippen molar-refractivity contribution in [1.82, 2.24) is 4.98 Å². The van der Waals surface area contributed by atoms with Gasteiger partial charge in [-0.15, -0.1) is 0 Å². The van der Waals surface area contributed by atoms with E-state index >= 15 is 0 Å². The Labute approximate surface area is 96.4 Å². The highest BCUT2D eigenvalue weighted by molar-refractivity contribution is 8.14. The lowest BCUT2D eigenvalue weighted by atomic mass is 10.2. The van der Waals surface area contributed by atoms with Crippen LogP contribution in [0.4, 0.5) is 0 Å². The molecule has 0 saturated heterocycles. The van der Waals surface area contributed by atoms with E-state index in [1.165, 1.54) is 0 Å². The fourth-order valence-corrected chi connectivity index (χ4v) is 3.32. The van der Waals surface area contributed by atoms with Gasteiger partial charge >= 0.3 is 0 Å². The Morgan fingerprint density at radius 1 is 1.21 bits per heavy atom. The van der Waals surface area contributed by atoms with Crippen molar-refractivity contribution in [3.8, 4) is 0 Å². The van der Waals surface area contributed by atoms with Crippen molar-refractivity contribution in [3.05, 3.63) is 21.4 Å². The third-order valence-electron chi connectivity index (χ3n) is 1.77. The maximum atomic E-state index is 11.1. The van der Waals surface area contributed by atoms with Gasteiger partial charge in [-0.3, -0.25) is 0 Å². The van der Waals surface area contributed by atoms with Gasteiger partial charge in [-0.1, -0.05) is 23.2 Å². The van der Waals surface area contributed by atoms with E-state index in [0.29, 0.717) is 11.3 Å². The largest absolute Gasteiger partial charge is 0.265 e. The first-order valence-corrected chi connectivity index (χ1v) is 6.58. The first-order chi connectivity index (χ1) is 6.25. The number of halogens is 3. The average molecular weight is 275 g/mol. The second-order valence-corrected chi connectivity index (χ2v) is 5.93. The van der Waals surface area contributed by atoms with Crippen molar-refractivity contribution in [2.75, 3.05) is 0 Å². The first kappa shape index (κ1) is 12.0. The van der Waals surface area contributed by atoms with Crippen LogP contribution in [0.25, 0.3) is 0 Å². The molecule has 0 unspecified atom stereocenters. The molecule has 0 radical (unpaired) electrons. The number of nitrogens with zero attached hydrogens (tertiary/aromatic N) is 1. The lowest BCUT2D eigenvalue weighted by molar-refractivity contribution is 0.609. The van der Waals surface area contributed by atoms with Crippen LogP contribution in [0, 0.1) is 13.8 Å². The molecule has 0 atom stereocenters. The monoisotopic (exact) mass is 273 g/mol. The molecular weight excluding hydrogens is 269 g/mol. The molecule has 1 aromatic heterocycles. The molecular formula is C7H6Cl3NO2S. The molecule has 0 fully saturated rings. The molecule has 0 spiro atoms. The first-order valence-electron chi connectivity index (χ1n) is 3.52. The van der Waals surface area contributed by atoms with E-state index in [1.807, 2.05) is 0 Å². The molecule has 78 valence electrons. The second-order valence-electron chi connectivity index (χ2n) is 2.69. The van der Waals surface area contributed by atoms with Crippen LogP contribution in [0.15, 0.2) is 4.90 Å². The topological polar surface area (TPSA) is 47.0 Å². The second kappa shape index (κ2) is 3.85. The van der Waals surface area contributed by atoms with Gasteiger partial charge in [0, 0.05) is 16.4 Å². The van der Waals surface area contributed by atoms with Crippen molar-refractivity contribution >= 4 is 42.9 Å². The van der Waals surface area contributed by atoms with Gasteiger partial charge in [-0.05, 0) is 19.4 Å². The molecule has 0 aliphatic carbocycles. The summed E-state index contributed by atoms with van der Waals surface area (Å²) in [6.07, 6.45) is 0. The minimum absolute atomic E-state index is 0.0255. The van der Waals surface area contributed by atoms with E-state index in [-0.39, 0.29) is 15.1 Å². The normalized spacial score (nSPS) is 11.8. The Balaban J connectivity index is 3.70. The van der Waals surface area contributed by atoms with Gasteiger partial charge in [0.25, 0.3) is 9.05 Å². The summed E-state index contributed by atoms with van der Waals surface area (Å²) in [6, 6.07) is 0. The summed E-state index contributed by atoms with van der Waals surface area (Å²) in [5.41, 5.74) is 1.12. The van der Waals surface area contributed by atoms with Gasteiger partial charge in [-0.25, -0.2) is 13.4 Å². The Morgan fingerprint density at radius 3 is 2.14 bits per heavy atom. The molecule has 0 amide bonds. The van der Waals surface area contributed by atoms with Crippen LogP contribution in [0.5, 0.6) is 0 Å². The Kier molecular flexibility index (Phi) is 3.31. The van der Waals surface area contributed by atoms with Crippen LogP contribution >= 0.6 is 33.9 Å². The van der Waals surface area contributed by atoms with Crippen LogP contribution in [0.2, 0.25) is 10.2 Å². The summed E-state index contributed by atoms with van der Waals surface area (Å²) >= 11 is 11.4. The van der Waals surface area contributed by atoms with E-state index in [0.717, 1.165) is 0 Å². The molecule has 0 aliphatic rings. The van der Waals surface area contributed by atoms with Crippen molar-refractivity contribution in [2.45, 2.75) is 18.7 Å². The van der Waals surface area contributed by atoms with E-state index in [9.17, 15) is 8.42 Å². The van der Waals surface area contributed by atoms with Gasteiger partial charge in [-0.2, -0.15) is 0 Å². The van der Waals surface area contributed by atoms with E-state index in [2.05, 4.69) is 4.98 Å². The van der Waals surface area contributed by atoms with Gasteiger partial charge in [0.05, 0.1) is 5.02 Å². The summed E-state index contributed by atoms with van der Waals surface area (Å²) in [5.74, 6) is 0. The van der Waals surface area contributed by atoms with E-state index in [1.54, 1.807) is 13.8 Å². The molecule has 0 aromatic carbocycles. The molecule has 0 saturated carbocycles. The molecule has 3 nitrogen and oxygen atoms in total. The quantitative estimate of drug-likeness (QED) is 0.584. The zero-order valence-corrected chi connectivity index (χ0v) is 10.4. The minimum atomic E-state index is -3.96. The van der Waals surface area contributed by atoms with E-state index in [4.69, 9.17) is 33.9 Å². The lowest BCUT2D eigenvalue weighted by Gasteiger charge is -2.07. The van der Waals surface area contributed by atoms with Crippen LogP contribution in [0.3, 0.4) is 0 Å². The highest BCUT2D eigenvalue weighted by atomic mass is 35.7. The minimum Gasteiger partial charge on any atom is -0.240 e. The highest BCUT2D eigenvalue weighted by Gasteiger charge is 2.22. The number of pyridine rings is 1. The van der Waals surface area contributed by atoms with Crippen molar-refractivity contribution in [1.29, 1.82) is 0 Å². The fourth-order valence-electron chi connectivity index (χ4n) is 0.909. The van der Waals surface area contributed by atoms with Crippen molar-refractivity contribution in [3.63, 3.8) is 0 Å². The summed E-state index contributed by atoms with van der Waals surface area (Å²) in [4.78, 5) is 3.49. The molecule has 1 rings (SSSR count). The standard InChI is InChI=1S/C7H6Cl3NO2S/c1-3-4(2)11-7(9)6(5(3)8)14(10,12)13/h1-2H3. The van der Waals surface area contributed by atoms with Gasteiger partial charge < -0.3 is 0 Å². The summed E-state index contributed by atoms with van der Waals surface area (Å²) < 4.78 is 22.2. The number of aryl methyl sites for hydroxylation is 1. The molecule has 1 heterocycles. The van der Waals surface area contributed by atoms with Gasteiger partial charge in [0.1, 0.15) is 4.90 Å². The third-order valence-corrected chi connectivity index (χ3v) is 4.09. The van der Waals surface area contributed by atoms with Crippen LogP contribution in [-0.2, 0) is 9.05 Å². The number of aromatic nitrogens is 1.